The maximum absolute atomic E-state index is 9.39. The minimum absolute atomic E-state index is 0.0544. The molecule has 4 atom stereocenters. The smallest absolute Gasteiger partial charge is 0.0573 e. The zero-order chi connectivity index (χ0) is 6.43. The minimum atomic E-state index is 0.0544. The predicted molar refractivity (Wildman–Crippen MR) is 36.0 cm³/mol. The highest BCUT2D eigenvalue weighted by Gasteiger charge is 2.42. The maximum Gasteiger partial charge on any atom is 0.0573 e. The van der Waals surface area contributed by atoms with Crippen molar-refractivity contribution < 1.29 is 5.11 Å². The van der Waals surface area contributed by atoms with Crippen molar-refractivity contribution in [1.82, 2.24) is 0 Å². The van der Waals surface area contributed by atoms with Gasteiger partial charge in [-0.3, -0.25) is 0 Å². The van der Waals surface area contributed by atoms with E-state index in [0.29, 0.717) is 5.92 Å². The third-order valence-corrected chi connectivity index (χ3v) is 3.11. The van der Waals surface area contributed by atoms with Gasteiger partial charge in [-0.1, -0.05) is 6.92 Å². The van der Waals surface area contributed by atoms with Crippen molar-refractivity contribution in [3.05, 3.63) is 0 Å². The Labute approximate surface area is 56.1 Å². The highest BCUT2D eigenvalue weighted by molar-refractivity contribution is 4.93. The van der Waals surface area contributed by atoms with E-state index in [2.05, 4.69) is 6.92 Å². The fourth-order valence-electron chi connectivity index (χ4n) is 2.66. The maximum atomic E-state index is 9.39. The lowest BCUT2D eigenvalue weighted by Crippen LogP contribution is -2.21. The van der Waals surface area contributed by atoms with Crippen LogP contribution in [0.1, 0.15) is 26.2 Å². The second kappa shape index (κ2) is 1.72. The van der Waals surface area contributed by atoms with Crippen LogP contribution in [0.2, 0.25) is 0 Å². The summed E-state index contributed by atoms with van der Waals surface area (Å²) in [6, 6.07) is 0. The first-order valence-corrected chi connectivity index (χ1v) is 3.95. The van der Waals surface area contributed by atoms with E-state index in [4.69, 9.17) is 0 Å². The molecule has 2 bridgehead atoms. The van der Waals surface area contributed by atoms with Crippen molar-refractivity contribution in [3.63, 3.8) is 0 Å². The summed E-state index contributed by atoms with van der Waals surface area (Å²) in [5.74, 6) is 2.34. The van der Waals surface area contributed by atoms with Gasteiger partial charge in [0.05, 0.1) is 6.10 Å². The molecule has 0 spiro atoms. The van der Waals surface area contributed by atoms with Crippen molar-refractivity contribution in [1.29, 1.82) is 0 Å². The number of hydrogen-bond acceptors (Lipinski definition) is 1. The van der Waals surface area contributed by atoms with Crippen molar-refractivity contribution in [2.24, 2.45) is 17.8 Å². The van der Waals surface area contributed by atoms with Gasteiger partial charge in [0.2, 0.25) is 0 Å². The standard InChI is InChI=1S/C8H14O/c1-5-2-6-3-7(5)8(9)4-6/h5-9H,2-4H2,1H3/t5-,6-,7-,8+/m0/s1. The Hall–Kier alpha value is -0.0400. The average Bonchev–Trinajstić information content (AvgIpc) is 2.22. The van der Waals surface area contributed by atoms with Gasteiger partial charge in [-0.25, -0.2) is 0 Å². The Morgan fingerprint density at radius 2 is 2.00 bits per heavy atom. The van der Waals surface area contributed by atoms with E-state index in [1.807, 2.05) is 0 Å². The predicted octanol–water partition coefficient (Wildman–Crippen LogP) is 1.41. The van der Waals surface area contributed by atoms with E-state index in [9.17, 15) is 5.11 Å². The molecule has 0 radical (unpaired) electrons. The first kappa shape index (κ1) is 5.72. The lowest BCUT2D eigenvalue weighted by molar-refractivity contribution is 0.0866. The van der Waals surface area contributed by atoms with Gasteiger partial charge in [-0.2, -0.15) is 0 Å². The minimum Gasteiger partial charge on any atom is -0.393 e. The van der Waals surface area contributed by atoms with Gasteiger partial charge in [0.25, 0.3) is 0 Å². The first-order chi connectivity index (χ1) is 4.27. The van der Waals surface area contributed by atoms with Crippen molar-refractivity contribution in [3.8, 4) is 0 Å². The second-order valence-corrected chi connectivity index (χ2v) is 3.78. The van der Waals surface area contributed by atoms with E-state index in [-0.39, 0.29) is 6.10 Å². The molecule has 2 rings (SSSR count). The van der Waals surface area contributed by atoms with Crippen LogP contribution in [0.3, 0.4) is 0 Å². The fourth-order valence-corrected chi connectivity index (χ4v) is 2.66. The molecule has 0 unspecified atom stereocenters. The highest BCUT2D eigenvalue weighted by atomic mass is 16.3. The van der Waals surface area contributed by atoms with Crippen LogP contribution in [-0.4, -0.2) is 11.2 Å². The van der Waals surface area contributed by atoms with Crippen molar-refractivity contribution >= 4 is 0 Å². The van der Waals surface area contributed by atoms with Gasteiger partial charge in [0, 0.05) is 0 Å². The molecular weight excluding hydrogens is 112 g/mol. The molecule has 0 aromatic rings. The second-order valence-electron chi connectivity index (χ2n) is 3.78. The lowest BCUT2D eigenvalue weighted by Gasteiger charge is -2.21. The summed E-state index contributed by atoms with van der Waals surface area (Å²) >= 11 is 0. The Morgan fingerprint density at radius 1 is 1.22 bits per heavy atom. The Kier molecular flexibility index (Phi) is 1.10. The molecule has 0 aromatic carbocycles. The normalized spacial score (nSPS) is 56.7. The van der Waals surface area contributed by atoms with Crippen LogP contribution < -0.4 is 0 Å². The topological polar surface area (TPSA) is 20.2 Å². The first-order valence-electron chi connectivity index (χ1n) is 3.95. The zero-order valence-electron chi connectivity index (χ0n) is 5.88. The Bertz CT molecular complexity index is 110. The zero-order valence-corrected chi connectivity index (χ0v) is 5.88. The fraction of sp³-hybridized carbons (Fsp3) is 1.00. The molecule has 52 valence electrons. The number of fused-ring (bicyclic) bond motifs is 2. The SMILES string of the molecule is C[C@H]1C[C@H]2C[C@@H]1[C@H](O)C2. The van der Waals surface area contributed by atoms with Crippen LogP contribution in [0, 0.1) is 17.8 Å². The van der Waals surface area contributed by atoms with Gasteiger partial charge in [0.1, 0.15) is 0 Å². The molecule has 1 N–H and O–H groups in total. The summed E-state index contributed by atoms with van der Waals surface area (Å²) < 4.78 is 0. The lowest BCUT2D eigenvalue weighted by atomic mass is 9.88. The van der Waals surface area contributed by atoms with E-state index < -0.39 is 0 Å². The summed E-state index contributed by atoms with van der Waals surface area (Å²) in [4.78, 5) is 0. The van der Waals surface area contributed by atoms with Gasteiger partial charge in [-0.15, -0.1) is 0 Å². The molecular formula is C8H14O. The largest absolute Gasteiger partial charge is 0.393 e. The van der Waals surface area contributed by atoms with E-state index in [0.717, 1.165) is 18.3 Å². The molecule has 2 aliphatic carbocycles. The van der Waals surface area contributed by atoms with Gasteiger partial charge in [-0.05, 0) is 37.0 Å². The molecule has 1 heteroatoms. The molecule has 1 nitrogen and oxygen atoms in total. The Balaban J connectivity index is 2.13. The molecule has 0 aliphatic heterocycles. The summed E-state index contributed by atoms with van der Waals surface area (Å²) in [6.07, 6.45) is 3.83. The van der Waals surface area contributed by atoms with Crippen LogP contribution in [0.15, 0.2) is 0 Å². The number of rotatable bonds is 0. The van der Waals surface area contributed by atoms with Gasteiger partial charge < -0.3 is 5.11 Å². The summed E-state index contributed by atoms with van der Waals surface area (Å²) in [5.41, 5.74) is 0. The van der Waals surface area contributed by atoms with Crippen molar-refractivity contribution in [2.45, 2.75) is 32.3 Å². The highest BCUT2D eigenvalue weighted by Crippen LogP contribution is 2.47. The van der Waals surface area contributed by atoms with Crippen molar-refractivity contribution in [2.75, 3.05) is 0 Å². The number of hydrogen-bond donors (Lipinski definition) is 1. The summed E-state index contributed by atoms with van der Waals surface area (Å²) in [5, 5.41) is 9.39. The van der Waals surface area contributed by atoms with E-state index in [1.54, 1.807) is 0 Å². The molecule has 0 saturated heterocycles. The molecule has 2 saturated carbocycles. The number of aliphatic hydroxyl groups excluding tert-OH is 1. The van der Waals surface area contributed by atoms with Crippen LogP contribution in [-0.2, 0) is 0 Å². The molecule has 2 fully saturated rings. The van der Waals surface area contributed by atoms with Crippen LogP contribution in [0.5, 0.6) is 0 Å². The molecule has 0 heterocycles. The third-order valence-electron chi connectivity index (χ3n) is 3.11. The number of aliphatic hydroxyl groups is 1. The monoisotopic (exact) mass is 126 g/mol. The third kappa shape index (κ3) is 0.710. The average molecular weight is 126 g/mol. The molecule has 9 heavy (non-hydrogen) atoms. The van der Waals surface area contributed by atoms with E-state index >= 15 is 0 Å². The Morgan fingerprint density at radius 3 is 2.33 bits per heavy atom. The van der Waals surface area contributed by atoms with E-state index in [1.165, 1.54) is 12.8 Å². The quantitative estimate of drug-likeness (QED) is 0.520. The van der Waals surface area contributed by atoms with Gasteiger partial charge >= 0.3 is 0 Å². The van der Waals surface area contributed by atoms with Crippen LogP contribution in [0.25, 0.3) is 0 Å². The van der Waals surface area contributed by atoms with Crippen LogP contribution in [0.4, 0.5) is 0 Å². The van der Waals surface area contributed by atoms with Crippen LogP contribution >= 0.6 is 0 Å². The molecule has 0 aromatic heterocycles. The molecule has 2 aliphatic rings. The summed E-state index contributed by atoms with van der Waals surface area (Å²) in [6.45, 7) is 2.27. The van der Waals surface area contributed by atoms with Gasteiger partial charge in [0.15, 0.2) is 0 Å². The molecule has 0 amide bonds. The summed E-state index contributed by atoms with van der Waals surface area (Å²) in [7, 11) is 0.